The van der Waals surface area contributed by atoms with E-state index in [9.17, 15) is 9.59 Å². The van der Waals surface area contributed by atoms with Gasteiger partial charge < -0.3 is 16.0 Å². The fraction of sp³-hybridized carbons (Fsp3) is 0.800. The van der Waals surface area contributed by atoms with Crippen molar-refractivity contribution in [2.75, 3.05) is 19.6 Å². The molecule has 3 N–H and O–H groups in total. The smallest absolute Gasteiger partial charge is 0.239 e. The van der Waals surface area contributed by atoms with E-state index in [4.69, 9.17) is 5.73 Å². The molecule has 5 nitrogen and oxygen atoms in total. The molecule has 1 fully saturated rings. The number of amides is 2. The number of piperazine rings is 1. The molecule has 0 unspecified atom stereocenters. The summed E-state index contributed by atoms with van der Waals surface area (Å²) in [5.74, 6) is -0.0648. The van der Waals surface area contributed by atoms with E-state index in [2.05, 4.69) is 5.32 Å². The summed E-state index contributed by atoms with van der Waals surface area (Å²) in [6, 6.07) is 0. The molecule has 0 spiro atoms. The van der Waals surface area contributed by atoms with Gasteiger partial charge in [-0.3, -0.25) is 9.59 Å². The number of rotatable bonds is 3. The van der Waals surface area contributed by atoms with Crippen molar-refractivity contribution in [1.82, 2.24) is 10.2 Å². The van der Waals surface area contributed by atoms with E-state index in [1.165, 1.54) is 0 Å². The highest BCUT2D eigenvalue weighted by molar-refractivity contribution is 5.85. The zero-order valence-corrected chi connectivity index (χ0v) is 9.38. The summed E-state index contributed by atoms with van der Waals surface area (Å²) in [4.78, 5) is 24.3. The summed E-state index contributed by atoms with van der Waals surface area (Å²) in [5, 5.41) is 2.68. The molecule has 5 heteroatoms. The van der Waals surface area contributed by atoms with Crippen LogP contribution in [-0.2, 0) is 9.59 Å². The van der Waals surface area contributed by atoms with Crippen molar-refractivity contribution in [3.05, 3.63) is 0 Å². The van der Waals surface area contributed by atoms with Crippen molar-refractivity contribution in [3.8, 4) is 0 Å². The number of nitrogens with one attached hydrogen (secondary N) is 1. The third kappa shape index (κ3) is 4.29. The van der Waals surface area contributed by atoms with Crippen LogP contribution in [0, 0.1) is 0 Å². The maximum absolute atomic E-state index is 11.7. The van der Waals surface area contributed by atoms with Gasteiger partial charge in [-0.15, -0.1) is 0 Å². The Balaban J connectivity index is 2.36. The Morgan fingerprint density at radius 3 is 2.80 bits per heavy atom. The number of carbonyl (C=O) groups is 2. The Kier molecular flexibility index (Phi) is 3.68. The van der Waals surface area contributed by atoms with Crippen molar-refractivity contribution >= 4 is 11.8 Å². The van der Waals surface area contributed by atoms with E-state index in [1.807, 2.05) is 13.8 Å². The third-order valence-corrected chi connectivity index (χ3v) is 2.37. The van der Waals surface area contributed by atoms with E-state index in [0.29, 0.717) is 25.9 Å². The predicted octanol–water partition coefficient (Wildman–Crippen LogP) is -0.538. The molecule has 1 heterocycles. The van der Waals surface area contributed by atoms with Crippen molar-refractivity contribution < 1.29 is 9.59 Å². The van der Waals surface area contributed by atoms with Crippen LogP contribution in [0.5, 0.6) is 0 Å². The summed E-state index contributed by atoms with van der Waals surface area (Å²) >= 11 is 0. The number of hydrogen-bond acceptors (Lipinski definition) is 3. The molecular weight excluding hydrogens is 194 g/mol. The second-order valence-electron chi connectivity index (χ2n) is 4.65. The Bertz CT molecular complexity index is 258. The van der Waals surface area contributed by atoms with Gasteiger partial charge in [0.25, 0.3) is 0 Å². The average Bonchev–Trinajstić information content (AvgIpc) is 2.13. The monoisotopic (exact) mass is 213 g/mol. The number of nitrogens with zero attached hydrogens (tertiary/aromatic N) is 1. The second-order valence-corrected chi connectivity index (χ2v) is 4.65. The second kappa shape index (κ2) is 4.61. The lowest BCUT2D eigenvalue weighted by molar-refractivity contribution is -0.138. The fourth-order valence-corrected chi connectivity index (χ4v) is 1.44. The molecule has 0 aromatic rings. The van der Waals surface area contributed by atoms with Crippen LogP contribution in [0.3, 0.4) is 0 Å². The molecule has 2 amide bonds. The molecule has 0 aromatic heterocycles. The van der Waals surface area contributed by atoms with Gasteiger partial charge in [-0.25, -0.2) is 0 Å². The Hall–Kier alpha value is -1.10. The Labute approximate surface area is 90.0 Å². The topological polar surface area (TPSA) is 75.4 Å². The third-order valence-electron chi connectivity index (χ3n) is 2.37. The first-order valence-electron chi connectivity index (χ1n) is 5.22. The summed E-state index contributed by atoms with van der Waals surface area (Å²) < 4.78 is 0. The zero-order valence-electron chi connectivity index (χ0n) is 9.38. The minimum atomic E-state index is -0.326. The van der Waals surface area contributed by atoms with Gasteiger partial charge in [0, 0.05) is 25.0 Å². The van der Waals surface area contributed by atoms with Gasteiger partial charge in [-0.05, 0) is 20.3 Å². The lowest BCUT2D eigenvalue weighted by atomic mass is 9.99. The normalized spacial score (nSPS) is 17.5. The van der Waals surface area contributed by atoms with E-state index in [-0.39, 0.29) is 23.9 Å². The first-order chi connectivity index (χ1) is 6.88. The average molecular weight is 213 g/mol. The van der Waals surface area contributed by atoms with Crippen molar-refractivity contribution in [2.45, 2.75) is 32.2 Å². The van der Waals surface area contributed by atoms with E-state index in [1.54, 1.807) is 4.90 Å². The lowest BCUT2D eigenvalue weighted by Crippen LogP contribution is -2.50. The molecule has 0 radical (unpaired) electrons. The van der Waals surface area contributed by atoms with E-state index >= 15 is 0 Å². The Morgan fingerprint density at radius 2 is 2.27 bits per heavy atom. The molecule has 0 aliphatic carbocycles. The van der Waals surface area contributed by atoms with Crippen molar-refractivity contribution in [1.29, 1.82) is 0 Å². The molecule has 15 heavy (non-hydrogen) atoms. The zero-order chi connectivity index (χ0) is 11.5. The maximum Gasteiger partial charge on any atom is 0.239 e. The number of nitrogens with two attached hydrogens (primary N) is 1. The lowest BCUT2D eigenvalue weighted by Gasteiger charge is -2.28. The quantitative estimate of drug-likeness (QED) is 0.661. The van der Waals surface area contributed by atoms with Crippen LogP contribution in [-0.4, -0.2) is 41.9 Å². The summed E-state index contributed by atoms with van der Waals surface area (Å²) in [7, 11) is 0. The van der Waals surface area contributed by atoms with E-state index in [0.717, 1.165) is 0 Å². The maximum atomic E-state index is 11.7. The minimum Gasteiger partial charge on any atom is -0.353 e. The molecule has 0 atom stereocenters. The van der Waals surface area contributed by atoms with Crippen LogP contribution >= 0.6 is 0 Å². The van der Waals surface area contributed by atoms with Crippen molar-refractivity contribution in [2.24, 2.45) is 5.73 Å². The Morgan fingerprint density at radius 1 is 1.60 bits per heavy atom. The van der Waals surface area contributed by atoms with Gasteiger partial charge >= 0.3 is 0 Å². The van der Waals surface area contributed by atoms with E-state index < -0.39 is 0 Å². The van der Waals surface area contributed by atoms with Crippen LogP contribution in [0.2, 0.25) is 0 Å². The summed E-state index contributed by atoms with van der Waals surface area (Å²) in [6.07, 6.45) is 1.06. The summed E-state index contributed by atoms with van der Waals surface area (Å²) in [6.45, 7) is 5.13. The van der Waals surface area contributed by atoms with Crippen LogP contribution in [0.1, 0.15) is 26.7 Å². The van der Waals surface area contributed by atoms with Crippen LogP contribution in [0.15, 0.2) is 0 Å². The summed E-state index contributed by atoms with van der Waals surface area (Å²) in [5.41, 5.74) is 5.46. The highest BCUT2D eigenvalue weighted by Gasteiger charge is 2.22. The van der Waals surface area contributed by atoms with Crippen LogP contribution in [0.4, 0.5) is 0 Å². The van der Waals surface area contributed by atoms with Gasteiger partial charge in [0.1, 0.15) is 0 Å². The van der Waals surface area contributed by atoms with Gasteiger partial charge in [-0.1, -0.05) is 0 Å². The fourth-order valence-electron chi connectivity index (χ4n) is 1.44. The highest BCUT2D eigenvalue weighted by Crippen LogP contribution is 2.09. The van der Waals surface area contributed by atoms with Gasteiger partial charge in [-0.2, -0.15) is 0 Å². The standard InChI is InChI=1S/C10H19N3O2/c1-10(2,11)4-3-9(15)13-6-5-12-8(14)7-13/h3-7,11H2,1-2H3,(H,12,14). The van der Waals surface area contributed by atoms with Crippen LogP contribution < -0.4 is 11.1 Å². The first-order valence-corrected chi connectivity index (χ1v) is 5.22. The molecule has 1 rings (SSSR count). The number of carbonyl (C=O) groups excluding carboxylic acids is 2. The molecule has 86 valence electrons. The molecule has 0 aromatic carbocycles. The van der Waals surface area contributed by atoms with Crippen LogP contribution in [0.25, 0.3) is 0 Å². The molecular formula is C10H19N3O2. The van der Waals surface area contributed by atoms with Crippen molar-refractivity contribution in [3.63, 3.8) is 0 Å². The largest absolute Gasteiger partial charge is 0.353 e. The first kappa shape index (κ1) is 12.0. The minimum absolute atomic E-state index is 0.0170. The van der Waals surface area contributed by atoms with Gasteiger partial charge in [0.15, 0.2) is 0 Å². The number of hydrogen-bond donors (Lipinski definition) is 2. The molecule has 1 aliphatic heterocycles. The molecule has 0 saturated carbocycles. The highest BCUT2D eigenvalue weighted by atomic mass is 16.2. The molecule has 1 saturated heterocycles. The molecule has 1 aliphatic rings. The van der Waals surface area contributed by atoms with Gasteiger partial charge in [0.05, 0.1) is 6.54 Å². The predicted molar refractivity (Wildman–Crippen MR) is 57.1 cm³/mol. The molecule has 0 bridgehead atoms. The van der Waals surface area contributed by atoms with Gasteiger partial charge in [0.2, 0.25) is 11.8 Å². The SMILES string of the molecule is CC(C)(N)CCC(=O)N1CCNC(=O)C1.